The van der Waals surface area contributed by atoms with Crippen LogP contribution in [0, 0.1) is 11.6 Å². The molecule has 1 heterocycles. The Labute approximate surface area is 126 Å². The van der Waals surface area contributed by atoms with Crippen LogP contribution in [-0.4, -0.2) is 21.9 Å². The highest BCUT2D eigenvalue weighted by atomic mass is 19.1. The Morgan fingerprint density at radius 1 is 1.32 bits per heavy atom. The van der Waals surface area contributed by atoms with Gasteiger partial charge in [-0.15, -0.1) is 0 Å². The maximum Gasteiger partial charge on any atom is 0.274 e. The minimum absolute atomic E-state index is 0.0875. The first-order chi connectivity index (χ1) is 10.5. The maximum absolute atomic E-state index is 13.5. The number of carbonyl (C=O) groups is 1. The van der Waals surface area contributed by atoms with E-state index in [0.29, 0.717) is 12.0 Å². The molecule has 0 aliphatic carbocycles. The molecule has 0 saturated heterocycles. The molecule has 116 valence electrons. The molecule has 5 nitrogen and oxygen atoms in total. The molecule has 0 spiro atoms. The molecule has 1 unspecified atom stereocenters. The molecule has 0 bridgehead atoms. The molecule has 0 aliphatic rings. The molecule has 0 radical (unpaired) electrons. The summed E-state index contributed by atoms with van der Waals surface area (Å²) in [5.41, 5.74) is -0.0222. The van der Waals surface area contributed by atoms with Crippen LogP contribution in [0.15, 0.2) is 30.5 Å². The molecule has 7 heteroatoms. The van der Waals surface area contributed by atoms with Crippen LogP contribution in [0.1, 0.15) is 30.8 Å². The first-order valence-electron chi connectivity index (χ1n) is 6.85. The second kappa shape index (κ2) is 6.93. The van der Waals surface area contributed by atoms with Gasteiger partial charge in [-0.25, -0.2) is 18.7 Å². The summed E-state index contributed by atoms with van der Waals surface area (Å²) in [6.45, 7) is 3.97. The van der Waals surface area contributed by atoms with Gasteiger partial charge in [0.05, 0.1) is 5.69 Å². The van der Waals surface area contributed by atoms with Crippen molar-refractivity contribution in [3.63, 3.8) is 0 Å². The molecule has 2 rings (SSSR count). The van der Waals surface area contributed by atoms with E-state index in [-0.39, 0.29) is 17.4 Å². The molecule has 1 aromatic heterocycles. The van der Waals surface area contributed by atoms with Crippen LogP contribution in [0.5, 0.6) is 0 Å². The van der Waals surface area contributed by atoms with E-state index < -0.39 is 17.5 Å². The van der Waals surface area contributed by atoms with Gasteiger partial charge in [0.2, 0.25) is 5.95 Å². The standard InChI is InChI=1S/C15H16F2N4O/c1-3-9(2)19-15-18-7-6-13(21-15)14(22)20-12-5-4-10(16)8-11(12)17/h4-9H,3H2,1-2H3,(H,20,22)(H,18,19,21). The van der Waals surface area contributed by atoms with Crippen molar-refractivity contribution < 1.29 is 13.6 Å². The van der Waals surface area contributed by atoms with E-state index in [1.165, 1.54) is 12.3 Å². The summed E-state index contributed by atoms with van der Waals surface area (Å²) >= 11 is 0. The van der Waals surface area contributed by atoms with Crippen molar-refractivity contribution in [3.05, 3.63) is 47.8 Å². The molecule has 1 amide bonds. The van der Waals surface area contributed by atoms with Gasteiger partial charge in [0, 0.05) is 18.3 Å². The average molecular weight is 306 g/mol. The van der Waals surface area contributed by atoms with Gasteiger partial charge in [-0.2, -0.15) is 0 Å². The monoisotopic (exact) mass is 306 g/mol. The van der Waals surface area contributed by atoms with Gasteiger partial charge in [0.1, 0.15) is 17.3 Å². The highest BCUT2D eigenvalue weighted by molar-refractivity contribution is 6.03. The van der Waals surface area contributed by atoms with Gasteiger partial charge in [-0.1, -0.05) is 6.92 Å². The molecule has 2 N–H and O–H groups in total. The Hall–Kier alpha value is -2.57. The van der Waals surface area contributed by atoms with Gasteiger partial charge < -0.3 is 10.6 Å². The van der Waals surface area contributed by atoms with E-state index in [0.717, 1.165) is 18.6 Å². The minimum atomic E-state index is -0.847. The van der Waals surface area contributed by atoms with E-state index >= 15 is 0 Å². The highest BCUT2D eigenvalue weighted by Gasteiger charge is 2.12. The Morgan fingerprint density at radius 3 is 2.77 bits per heavy atom. The molecule has 2 aromatic rings. The number of nitrogens with zero attached hydrogens (tertiary/aromatic N) is 2. The lowest BCUT2D eigenvalue weighted by atomic mass is 10.2. The van der Waals surface area contributed by atoms with E-state index in [1.807, 2.05) is 13.8 Å². The second-order valence-corrected chi connectivity index (χ2v) is 4.80. The van der Waals surface area contributed by atoms with Crippen molar-refractivity contribution in [1.82, 2.24) is 9.97 Å². The molecule has 1 aromatic carbocycles. The third-order valence-electron chi connectivity index (χ3n) is 3.06. The van der Waals surface area contributed by atoms with Crippen molar-refractivity contribution in [2.45, 2.75) is 26.3 Å². The van der Waals surface area contributed by atoms with Gasteiger partial charge >= 0.3 is 0 Å². The number of benzene rings is 1. The average Bonchev–Trinajstić information content (AvgIpc) is 2.50. The first-order valence-corrected chi connectivity index (χ1v) is 6.85. The van der Waals surface area contributed by atoms with Crippen LogP contribution >= 0.6 is 0 Å². The van der Waals surface area contributed by atoms with Gasteiger partial charge in [-0.05, 0) is 31.5 Å². The summed E-state index contributed by atoms with van der Waals surface area (Å²) in [6, 6.07) is 4.49. The molecule has 0 fully saturated rings. The fourth-order valence-corrected chi connectivity index (χ4v) is 1.65. The number of aromatic nitrogens is 2. The Morgan fingerprint density at radius 2 is 2.09 bits per heavy atom. The Kier molecular flexibility index (Phi) is 4.98. The number of nitrogens with one attached hydrogen (secondary N) is 2. The molecular weight excluding hydrogens is 290 g/mol. The molecule has 0 saturated carbocycles. The number of halogens is 2. The Balaban J connectivity index is 2.14. The fourth-order valence-electron chi connectivity index (χ4n) is 1.65. The molecular formula is C15H16F2N4O. The lowest BCUT2D eigenvalue weighted by Gasteiger charge is -2.11. The Bertz CT molecular complexity index is 678. The first kappa shape index (κ1) is 15.8. The predicted molar refractivity (Wildman–Crippen MR) is 79.7 cm³/mol. The van der Waals surface area contributed by atoms with E-state index in [1.54, 1.807) is 0 Å². The van der Waals surface area contributed by atoms with Crippen LogP contribution in [0.3, 0.4) is 0 Å². The quantitative estimate of drug-likeness (QED) is 0.890. The lowest BCUT2D eigenvalue weighted by Crippen LogP contribution is -2.19. The van der Waals surface area contributed by atoms with E-state index in [2.05, 4.69) is 20.6 Å². The molecule has 0 aliphatic heterocycles. The minimum Gasteiger partial charge on any atom is -0.352 e. The van der Waals surface area contributed by atoms with Gasteiger partial charge in [0.25, 0.3) is 5.91 Å². The zero-order valence-electron chi connectivity index (χ0n) is 12.2. The van der Waals surface area contributed by atoms with E-state index in [4.69, 9.17) is 0 Å². The number of rotatable bonds is 5. The number of carbonyl (C=O) groups excluding carboxylic acids is 1. The van der Waals surface area contributed by atoms with Crippen LogP contribution < -0.4 is 10.6 Å². The van der Waals surface area contributed by atoms with Crippen molar-refractivity contribution in [2.24, 2.45) is 0 Å². The third-order valence-corrected chi connectivity index (χ3v) is 3.06. The van der Waals surface area contributed by atoms with E-state index in [9.17, 15) is 13.6 Å². The largest absolute Gasteiger partial charge is 0.352 e. The predicted octanol–water partition coefficient (Wildman–Crippen LogP) is 3.22. The lowest BCUT2D eigenvalue weighted by molar-refractivity contribution is 0.102. The van der Waals surface area contributed by atoms with Crippen molar-refractivity contribution in [1.29, 1.82) is 0 Å². The van der Waals surface area contributed by atoms with Gasteiger partial charge in [-0.3, -0.25) is 4.79 Å². The van der Waals surface area contributed by atoms with Crippen LogP contribution in [0.2, 0.25) is 0 Å². The van der Waals surface area contributed by atoms with Crippen molar-refractivity contribution >= 4 is 17.5 Å². The summed E-state index contributed by atoms with van der Waals surface area (Å²) in [4.78, 5) is 20.2. The third kappa shape index (κ3) is 3.97. The molecule has 22 heavy (non-hydrogen) atoms. The summed E-state index contributed by atoms with van der Waals surface area (Å²) in [6.07, 6.45) is 2.31. The van der Waals surface area contributed by atoms with Crippen LogP contribution in [0.25, 0.3) is 0 Å². The van der Waals surface area contributed by atoms with Crippen molar-refractivity contribution in [2.75, 3.05) is 10.6 Å². The summed E-state index contributed by atoms with van der Waals surface area (Å²) in [5, 5.41) is 5.39. The normalized spacial score (nSPS) is 11.8. The summed E-state index contributed by atoms with van der Waals surface area (Å²) in [5.74, 6) is -1.83. The maximum atomic E-state index is 13.5. The summed E-state index contributed by atoms with van der Waals surface area (Å²) < 4.78 is 26.4. The van der Waals surface area contributed by atoms with Crippen LogP contribution in [0.4, 0.5) is 20.4 Å². The number of hydrogen-bond donors (Lipinski definition) is 2. The zero-order valence-corrected chi connectivity index (χ0v) is 12.2. The van der Waals surface area contributed by atoms with Crippen molar-refractivity contribution in [3.8, 4) is 0 Å². The summed E-state index contributed by atoms with van der Waals surface area (Å²) in [7, 11) is 0. The number of anilines is 2. The fraction of sp³-hybridized carbons (Fsp3) is 0.267. The number of amides is 1. The smallest absolute Gasteiger partial charge is 0.274 e. The topological polar surface area (TPSA) is 66.9 Å². The van der Waals surface area contributed by atoms with Crippen LogP contribution in [-0.2, 0) is 0 Å². The number of hydrogen-bond acceptors (Lipinski definition) is 4. The van der Waals surface area contributed by atoms with Gasteiger partial charge in [0.15, 0.2) is 0 Å². The SMILES string of the molecule is CCC(C)Nc1nccc(C(=O)Nc2ccc(F)cc2F)n1. The highest BCUT2D eigenvalue weighted by Crippen LogP contribution is 2.16. The second-order valence-electron chi connectivity index (χ2n) is 4.80. The zero-order chi connectivity index (χ0) is 16.1. The molecule has 1 atom stereocenters.